The molecule has 1 aliphatic rings. The minimum atomic E-state index is 0. The Morgan fingerprint density at radius 3 is 2.82 bits per heavy atom. The van der Waals surface area contributed by atoms with Crippen molar-refractivity contribution < 1.29 is 0 Å². The van der Waals surface area contributed by atoms with Gasteiger partial charge in [-0.25, -0.2) is 0 Å². The fraction of sp³-hybridized carbons (Fsp3) is 0.688. The molecule has 2 heterocycles. The fourth-order valence-corrected chi connectivity index (χ4v) is 3.44. The first-order valence-corrected chi connectivity index (χ1v) is 8.55. The van der Waals surface area contributed by atoms with Gasteiger partial charge in [0.15, 0.2) is 5.96 Å². The van der Waals surface area contributed by atoms with Crippen LogP contribution in [0, 0.1) is 0 Å². The lowest BCUT2D eigenvalue weighted by molar-refractivity contribution is 0.192. The van der Waals surface area contributed by atoms with Crippen molar-refractivity contribution in [2.75, 3.05) is 20.1 Å². The average Bonchev–Trinajstić information content (AvgIpc) is 2.89. The maximum Gasteiger partial charge on any atom is 0.191 e. The van der Waals surface area contributed by atoms with Crippen LogP contribution < -0.4 is 10.6 Å². The number of hydrogen-bond acceptors (Lipinski definition) is 3. The van der Waals surface area contributed by atoms with E-state index in [4.69, 9.17) is 0 Å². The standard InChI is InChI=1S/C16H28N4S.HI/c1-12(10-18-15(17-5)19-16(2,3)4)20-8-6-14-13(11-20)7-9-21-14;/h7,9,12H,6,8,10-11H2,1-5H3,(H2,17,18,19);1H. The molecule has 2 rings (SSSR count). The Labute approximate surface area is 155 Å². The maximum absolute atomic E-state index is 4.30. The molecule has 0 spiro atoms. The van der Waals surface area contributed by atoms with Gasteiger partial charge >= 0.3 is 0 Å². The summed E-state index contributed by atoms with van der Waals surface area (Å²) in [4.78, 5) is 8.41. The number of fused-ring (bicyclic) bond motifs is 1. The van der Waals surface area contributed by atoms with Gasteiger partial charge in [0.05, 0.1) is 0 Å². The topological polar surface area (TPSA) is 39.7 Å². The van der Waals surface area contributed by atoms with Crippen molar-refractivity contribution in [2.24, 2.45) is 4.99 Å². The summed E-state index contributed by atoms with van der Waals surface area (Å²) in [6, 6.07) is 2.77. The van der Waals surface area contributed by atoms with E-state index < -0.39 is 0 Å². The van der Waals surface area contributed by atoms with Crippen LogP contribution in [0.2, 0.25) is 0 Å². The van der Waals surface area contributed by atoms with Gasteiger partial charge < -0.3 is 10.6 Å². The van der Waals surface area contributed by atoms with Gasteiger partial charge in [-0.1, -0.05) is 0 Å². The van der Waals surface area contributed by atoms with Gasteiger partial charge in [-0.2, -0.15) is 0 Å². The summed E-state index contributed by atoms with van der Waals surface area (Å²) in [5.41, 5.74) is 1.54. The zero-order valence-corrected chi connectivity index (χ0v) is 17.4. The van der Waals surface area contributed by atoms with Crippen LogP contribution in [0.25, 0.3) is 0 Å². The van der Waals surface area contributed by atoms with E-state index in [1.54, 1.807) is 4.88 Å². The largest absolute Gasteiger partial charge is 0.355 e. The second-order valence-corrected chi connectivity index (χ2v) is 7.77. The van der Waals surface area contributed by atoms with E-state index in [-0.39, 0.29) is 29.5 Å². The van der Waals surface area contributed by atoms with Crippen LogP contribution in [0.1, 0.15) is 38.1 Å². The molecule has 0 amide bonds. The molecule has 6 heteroatoms. The SMILES string of the molecule is CN=C(NCC(C)N1CCc2sccc2C1)NC(C)(C)C.I. The maximum atomic E-state index is 4.30. The van der Waals surface area contributed by atoms with Gasteiger partial charge in [0, 0.05) is 43.1 Å². The van der Waals surface area contributed by atoms with Crippen molar-refractivity contribution in [2.45, 2.75) is 52.2 Å². The highest BCUT2D eigenvalue weighted by Gasteiger charge is 2.21. The Bertz CT molecular complexity index is 493. The fourth-order valence-electron chi connectivity index (χ4n) is 2.55. The Morgan fingerprint density at radius 1 is 1.45 bits per heavy atom. The van der Waals surface area contributed by atoms with Crippen LogP contribution in [0.15, 0.2) is 16.4 Å². The molecule has 0 saturated carbocycles. The summed E-state index contributed by atoms with van der Waals surface area (Å²) in [5, 5.41) is 9.05. The van der Waals surface area contributed by atoms with Crippen molar-refractivity contribution in [3.8, 4) is 0 Å². The molecule has 0 aliphatic carbocycles. The first kappa shape index (κ1) is 19.7. The van der Waals surface area contributed by atoms with Gasteiger partial charge in [0.25, 0.3) is 0 Å². The molecule has 1 aromatic heterocycles. The van der Waals surface area contributed by atoms with Gasteiger partial charge in [-0.3, -0.25) is 9.89 Å². The van der Waals surface area contributed by atoms with E-state index in [9.17, 15) is 0 Å². The van der Waals surface area contributed by atoms with Gasteiger partial charge in [0.2, 0.25) is 0 Å². The van der Waals surface area contributed by atoms with Crippen molar-refractivity contribution in [3.63, 3.8) is 0 Å². The summed E-state index contributed by atoms with van der Waals surface area (Å²) in [7, 11) is 1.82. The number of nitrogens with zero attached hydrogens (tertiary/aromatic N) is 2. The number of thiophene rings is 1. The van der Waals surface area contributed by atoms with Crippen LogP contribution in [-0.4, -0.2) is 42.6 Å². The highest BCUT2D eigenvalue weighted by Crippen LogP contribution is 2.24. The van der Waals surface area contributed by atoms with E-state index in [0.717, 1.165) is 25.6 Å². The number of halogens is 1. The number of guanidine groups is 1. The highest BCUT2D eigenvalue weighted by atomic mass is 127. The molecule has 0 bridgehead atoms. The third-order valence-corrected chi connectivity index (χ3v) is 4.77. The van der Waals surface area contributed by atoms with E-state index in [0.29, 0.717) is 6.04 Å². The molecule has 0 fully saturated rings. The lowest BCUT2D eigenvalue weighted by Crippen LogP contribution is -2.51. The number of hydrogen-bond donors (Lipinski definition) is 2. The lowest BCUT2D eigenvalue weighted by Gasteiger charge is -2.33. The summed E-state index contributed by atoms with van der Waals surface area (Å²) >= 11 is 1.90. The minimum absolute atomic E-state index is 0. The third-order valence-electron chi connectivity index (χ3n) is 3.74. The first-order valence-electron chi connectivity index (χ1n) is 7.67. The summed E-state index contributed by atoms with van der Waals surface area (Å²) in [5.74, 6) is 0.877. The number of nitrogens with one attached hydrogen (secondary N) is 2. The second kappa shape index (κ2) is 8.49. The molecule has 4 nitrogen and oxygen atoms in total. The molecule has 0 saturated heterocycles. The Hall–Kier alpha value is -0.340. The molecule has 1 unspecified atom stereocenters. The van der Waals surface area contributed by atoms with E-state index in [1.165, 1.54) is 12.0 Å². The van der Waals surface area contributed by atoms with Crippen LogP contribution in [-0.2, 0) is 13.0 Å². The molecule has 2 N–H and O–H groups in total. The monoisotopic (exact) mass is 436 g/mol. The van der Waals surface area contributed by atoms with Crippen LogP contribution in [0.5, 0.6) is 0 Å². The zero-order valence-electron chi connectivity index (χ0n) is 14.3. The van der Waals surface area contributed by atoms with Crippen LogP contribution >= 0.6 is 35.3 Å². The molecule has 1 atom stereocenters. The molecule has 22 heavy (non-hydrogen) atoms. The number of aliphatic imine (C=N–C) groups is 1. The van der Waals surface area contributed by atoms with Crippen molar-refractivity contribution in [1.29, 1.82) is 0 Å². The zero-order chi connectivity index (χ0) is 15.5. The van der Waals surface area contributed by atoms with Crippen molar-refractivity contribution >= 4 is 41.3 Å². The van der Waals surface area contributed by atoms with Crippen LogP contribution in [0.3, 0.4) is 0 Å². The average molecular weight is 436 g/mol. The van der Waals surface area contributed by atoms with E-state index in [2.05, 4.69) is 59.7 Å². The van der Waals surface area contributed by atoms with Crippen molar-refractivity contribution in [3.05, 3.63) is 21.9 Å². The molecule has 1 aliphatic heterocycles. The minimum Gasteiger partial charge on any atom is -0.355 e. The summed E-state index contributed by atoms with van der Waals surface area (Å²) in [6.45, 7) is 11.9. The molecular weight excluding hydrogens is 407 g/mol. The Balaban J connectivity index is 0.00000242. The predicted molar refractivity (Wildman–Crippen MR) is 108 cm³/mol. The van der Waals surface area contributed by atoms with Gasteiger partial charge in [-0.05, 0) is 51.1 Å². The summed E-state index contributed by atoms with van der Waals surface area (Å²) in [6.07, 6.45) is 1.19. The van der Waals surface area contributed by atoms with Crippen molar-refractivity contribution in [1.82, 2.24) is 15.5 Å². The molecule has 126 valence electrons. The molecular formula is C16H29IN4S. The quantitative estimate of drug-likeness (QED) is 0.435. The predicted octanol–water partition coefficient (Wildman–Crippen LogP) is 3.08. The Kier molecular flexibility index (Phi) is 7.61. The molecule has 0 aromatic carbocycles. The van der Waals surface area contributed by atoms with Gasteiger partial charge in [-0.15, -0.1) is 35.3 Å². The summed E-state index contributed by atoms with van der Waals surface area (Å²) < 4.78 is 0. The lowest BCUT2D eigenvalue weighted by atomic mass is 10.1. The van der Waals surface area contributed by atoms with E-state index >= 15 is 0 Å². The van der Waals surface area contributed by atoms with Gasteiger partial charge in [0.1, 0.15) is 0 Å². The second-order valence-electron chi connectivity index (χ2n) is 6.77. The smallest absolute Gasteiger partial charge is 0.191 e. The molecule has 0 radical (unpaired) electrons. The van der Waals surface area contributed by atoms with Crippen LogP contribution in [0.4, 0.5) is 0 Å². The third kappa shape index (κ3) is 5.70. The van der Waals surface area contributed by atoms with E-state index in [1.807, 2.05) is 18.4 Å². The molecule has 1 aromatic rings. The first-order chi connectivity index (χ1) is 9.89. The Morgan fingerprint density at radius 2 is 2.18 bits per heavy atom. The number of rotatable bonds is 3. The highest BCUT2D eigenvalue weighted by molar-refractivity contribution is 14.0. The normalized spacial score (nSPS) is 17.4.